The van der Waals surface area contributed by atoms with E-state index < -0.39 is 0 Å². The van der Waals surface area contributed by atoms with Gasteiger partial charge in [0, 0.05) is 17.2 Å². The molecule has 6 heteroatoms. The number of benzene rings is 2. The second-order valence-corrected chi connectivity index (χ2v) is 6.47. The van der Waals surface area contributed by atoms with Crippen LogP contribution in [0, 0.1) is 6.92 Å². The number of carbonyl (C=O) groups is 1. The van der Waals surface area contributed by atoms with Gasteiger partial charge in [0.15, 0.2) is 0 Å². The van der Waals surface area contributed by atoms with Gasteiger partial charge in [-0.3, -0.25) is 14.2 Å². The Hall–Kier alpha value is -2.47. The van der Waals surface area contributed by atoms with Crippen molar-refractivity contribution in [3.05, 3.63) is 69.1 Å². The maximum atomic E-state index is 12.7. The third-order valence-electron chi connectivity index (χ3n) is 3.94. The Balaban J connectivity index is 1.95. The maximum absolute atomic E-state index is 12.7. The molecule has 0 bridgehead atoms. The van der Waals surface area contributed by atoms with Gasteiger partial charge in [0.25, 0.3) is 5.56 Å². The first kappa shape index (κ1) is 16.4. The molecule has 0 saturated heterocycles. The number of amides is 1. The number of hydrogen-bond acceptors (Lipinski definition) is 3. The summed E-state index contributed by atoms with van der Waals surface area (Å²) in [6.07, 6.45) is 1.25. The minimum Gasteiger partial charge on any atom is -0.314 e. The van der Waals surface area contributed by atoms with Crippen LogP contribution in [0.3, 0.4) is 0 Å². The molecule has 122 valence electrons. The summed E-state index contributed by atoms with van der Waals surface area (Å²) < 4.78 is 2.41. The van der Waals surface area contributed by atoms with Gasteiger partial charge >= 0.3 is 0 Å². The lowest BCUT2D eigenvalue weighted by atomic mass is 10.2. The number of carbonyl (C=O) groups excluding carboxylic acids is 1. The van der Waals surface area contributed by atoms with Crippen molar-refractivity contribution in [1.82, 2.24) is 9.55 Å². The van der Waals surface area contributed by atoms with Crippen molar-refractivity contribution in [3.8, 4) is 0 Å². The summed E-state index contributed by atoms with van der Waals surface area (Å²) in [5, 5.41) is 0. The molecule has 0 aliphatic rings. The average Bonchev–Trinajstić information content (AvgIpc) is 2.57. The van der Waals surface area contributed by atoms with Crippen molar-refractivity contribution < 1.29 is 4.79 Å². The number of para-hydroxylation sites is 2. The molecule has 0 aliphatic carbocycles. The van der Waals surface area contributed by atoms with Crippen molar-refractivity contribution in [1.29, 1.82) is 0 Å². The molecule has 0 unspecified atom stereocenters. The van der Waals surface area contributed by atoms with Gasteiger partial charge in [-0.2, -0.15) is 0 Å². The molecule has 0 fully saturated rings. The largest absolute Gasteiger partial charge is 0.314 e. The number of anilines is 1. The van der Waals surface area contributed by atoms with Gasteiger partial charge in [-0.15, -0.1) is 0 Å². The molecule has 5 nitrogen and oxygen atoms in total. The summed E-state index contributed by atoms with van der Waals surface area (Å²) in [6.45, 7) is 1.91. The molecule has 1 amide bonds. The van der Waals surface area contributed by atoms with Crippen molar-refractivity contribution in [3.63, 3.8) is 0 Å². The van der Waals surface area contributed by atoms with Crippen LogP contribution in [0.2, 0.25) is 0 Å². The first-order chi connectivity index (χ1) is 11.5. The van der Waals surface area contributed by atoms with E-state index in [2.05, 4.69) is 20.9 Å². The van der Waals surface area contributed by atoms with Crippen LogP contribution in [-0.2, 0) is 11.3 Å². The van der Waals surface area contributed by atoms with E-state index in [4.69, 9.17) is 0 Å². The first-order valence-corrected chi connectivity index (χ1v) is 8.24. The highest BCUT2D eigenvalue weighted by Gasteiger charge is 2.15. The molecule has 0 radical (unpaired) electrons. The van der Waals surface area contributed by atoms with E-state index in [-0.39, 0.29) is 18.0 Å². The van der Waals surface area contributed by atoms with Crippen LogP contribution in [-0.4, -0.2) is 22.5 Å². The molecule has 0 saturated carbocycles. The standard InChI is InChI=1S/C18H16BrN3O2/c1-12-9-13(19)7-8-15(12)21(2)18(24)11-22-16-6-4-3-5-14(16)20-10-17(22)23/h3-10H,11H2,1-2H3. The van der Waals surface area contributed by atoms with Crippen LogP contribution in [0.25, 0.3) is 11.0 Å². The van der Waals surface area contributed by atoms with Crippen molar-refractivity contribution >= 4 is 38.6 Å². The lowest BCUT2D eigenvalue weighted by molar-refractivity contribution is -0.118. The Morgan fingerprint density at radius 1 is 1.25 bits per heavy atom. The van der Waals surface area contributed by atoms with Crippen molar-refractivity contribution in [2.75, 3.05) is 11.9 Å². The number of nitrogens with zero attached hydrogens (tertiary/aromatic N) is 3. The fourth-order valence-electron chi connectivity index (χ4n) is 2.65. The Kier molecular flexibility index (Phi) is 4.49. The summed E-state index contributed by atoms with van der Waals surface area (Å²) in [4.78, 5) is 30.5. The maximum Gasteiger partial charge on any atom is 0.269 e. The van der Waals surface area contributed by atoms with Gasteiger partial charge in [-0.05, 0) is 42.8 Å². The molecule has 0 aliphatic heterocycles. The highest BCUT2D eigenvalue weighted by atomic mass is 79.9. The van der Waals surface area contributed by atoms with Crippen LogP contribution in [0.15, 0.2) is 57.9 Å². The zero-order valence-corrected chi connectivity index (χ0v) is 14.9. The fourth-order valence-corrected chi connectivity index (χ4v) is 3.12. The van der Waals surface area contributed by atoms with Crippen LogP contribution in [0.5, 0.6) is 0 Å². The lowest BCUT2D eigenvalue weighted by Gasteiger charge is -2.20. The number of fused-ring (bicyclic) bond motifs is 1. The third-order valence-corrected chi connectivity index (χ3v) is 4.43. The number of aryl methyl sites for hydroxylation is 1. The number of aromatic nitrogens is 2. The summed E-state index contributed by atoms with van der Waals surface area (Å²) in [7, 11) is 1.72. The highest BCUT2D eigenvalue weighted by molar-refractivity contribution is 9.10. The zero-order chi connectivity index (χ0) is 17.3. The molecule has 1 heterocycles. The minimum absolute atomic E-state index is 0.0339. The quantitative estimate of drug-likeness (QED) is 0.695. The van der Waals surface area contributed by atoms with E-state index in [1.54, 1.807) is 18.0 Å². The molecule has 2 aromatic carbocycles. The average molecular weight is 386 g/mol. The molecular formula is C18H16BrN3O2. The van der Waals surface area contributed by atoms with Crippen LogP contribution in [0.1, 0.15) is 5.56 Å². The van der Waals surface area contributed by atoms with E-state index in [0.717, 1.165) is 15.7 Å². The monoisotopic (exact) mass is 385 g/mol. The fraction of sp³-hybridized carbons (Fsp3) is 0.167. The topological polar surface area (TPSA) is 55.2 Å². The Bertz CT molecular complexity index is 981. The van der Waals surface area contributed by atoms with Gasteiger partial charge < -0.3 is 4.90 Å². The van der Waals surface area contributed by atoms with E-state index in [0.29, 0.717) is 11.0 Å². The molecule has 3 aromatic rings. The SMILES string of the molecule is Cc1cc(Br)ccc1N(C)C(=O)Cn1c(=O)cnc2ccccc21. The van der Waals surface area contributed by atoms with Crippen molar-refractivity contribution in [2.24, 2.45) is 0 Å². The number of hydrogen-bond donors (Lipinski definition) is 0. The summed E-state index contributed by atoms with van der Waals surface area (Å²) >= 11 is 3.42. The van der Waals surface area contributed by atoms with E-state index in [9.17, 15) is 9.59 Å². The molecular weight excluding hydrogens is 370 g/mol. The number of rotatable bonds is 3. The Morgan fingerprint density at radius 2 is 2.00 bits per heavy atom. The van der Waals surface area contributed by atoms with Crippen LogP contribution >= 0.6 is 15.9 Å². The zero-order valence-electron chi connectivity index (χ0n) is 13.4. The molecule has 0 atom stereocenters. The first-order valence-electron chi connectivity index (χ1n) is 7.44. The predicted molar refractivity (Wildman–Crippen MR) is 98.3 cm³/mol. The molecule has 1 aromatic heterocycles. The third kappa shape index (κ3) is 3.10. The van der Waals surface area contributed by atoms with E-state index >= 15 is 0 Å². The van der Waals surface area contributed by atoms with E-state index in [1.165, 1.54) is 10.8 Å². The molecule has 0 N–H and O–H groups in total. The van der Waals surface area contributed by atoms with Gasteiger partial charge in [0.1, 0.15) is 6.54 Å². The molecule has 3 rings (SSSR count). The Labute approximate surface area is 147 Å². The van der Waals surface area contributed by atoms with Crippen LogP contribution in [0.4, 0.5) is 5.69 Å². The van der Waals surface area contributed by atoms with Crippen LogP contribution < -0.4 is 10.5 Å². The Morgan fingerprint density at radius 3 is 2.75 bits per heavy atom. The molecule has 24 heavy (non-hydrogen) atoms. The normalized spacial score (nSPS) is 10.8. The summed E-state index contributed by atoms with van der Waals surface area (Å²) in [6, 6.07) is 13.0. The summed E-state index contributed by atoms with van der Waals surface area (Å²) in [5.74, 6) is -0.168. The van der Waals surface area contributed by atoms with Gasteiger partial charge in [-0.1, -0.05) is 28.1 Å². The predicted octanol–water partition coefficient (Wildman–Crippen LogP) is 3.13. The summed E-state index contributed by atoms with van der Waals surface area (Å²) in [5.41, 5.74) is 2.84. The smallest absolute Gasteiger partial charge is 0.269 e. The minimum atomic E-state index is -0.289. The van der Waals surface area contributed by atoms with Gasteiger partial charge in [0.05, 0.1) is 17.2 Å². The van der Waals surface area contributed by atoms with Crippen molar-refractivity contribution in [2.45, 2.75) is 13.5 Å². The van der Waals surface area contributed by atoms with Gasteiger partial charge in [-0.25, -0.2) is 4.98 Å². The van der Waals surface area contributed by atoms with Gasteiger partial charge in [0.2, 0.25) is 5.91 Å². The lowest BCUT2D eigenvalue weighted by Crippen LogP contribution is -2.34. The second-order valence-electron chi connectivity index (χ2n) is 5.55. The number of halogens is 1. The number of likely N-dealkylation sites (N-methyl/N-ethyl adjacent to an activating group) is 1. The second kappa shape index (κ2) is 6.57. The highest BCUT2D eigenvalue weighted by Crippen LogP contribution is 2.23. The van der Waals surface area contributed by atoms with E-state index in [1.807, 2.05) is 43.3 Å². The molecule has 0 spiro atoms.